The third-order valence-electron chi connectivity index (χ3n) is 1.45. The number of thioether (sulfide) groups is 1. The summed E-state index contributed by atoms with van der Waals surface area (Å²) < 4.78 is 4.94. The molecule has 0 saturated carbocycles. The van der Waals surface area contributed by atoms with Crippen LogP contribution < -0.4 is 5.32 Å². The molecule has 0 spiro atoms. The average Bonchev–Trinajstić information content (AvgIpc) is 2.67. The fraction of sp³-hybridized carbons (Fsp3) is 1.00. The molecule has 0 aromatic rings. The minimum atomic E-state index is 1.00. The largest absolute Gasteiger partial charge is 0.381 e. The van der Waals surface area contributed by atoms with Gasteiger partial charge in [0.25, 0.3) is 0 Å². The van der Waals surface area contributed by atoms with Crippen molar-refractivity contribution in [2.75, 3.05) is 31.4 Å². The van der Waals surface area contributed by atoms with E-state index in [0.717, 1.165) is 13.2 Å². The van der Waals surface area contributed by atoms with Crippen LogP contribution in [-0.4, -0.2) is 31.4 Å². The second kappa shape index (κ2) is 6.01. The van der Waals surface area contributed by atoms with E-state index < -0.39 is 0 Å². The minimum Gasteiger partial charge on any atom is -0.381 e. The minimum absolute atomic E-state index is 1.00. The van der Waals surface area contributed by atoms with Crippen molar-refractivity contribution in [3.05, 3.63) is 0 Å². The van der Waals surface area contributed by atoms with Crippen molar-refractivity contribution in [2.45, 2.75) is 12.8 Å². The molecule has 0 bridgehead atoms. The summed E-state index contributed by atoms with van der Waals surface area (Å²) in [7, 11) is 0. The highest BCUT2D eigenvalue weighted by atomic mass is 32.2. The summed E-state index contributed by atoms with van der Waals surface area (Å²) in [6, 6.07) is 0. The van der Waals surface area contributed by atoms with Gasteiger partial charge >= 0.3 is 0 Å². The summed E-state index contributed by atoms with van der Waals surface area (Å²) in [5.41, 5.74) is 0. The Kier molecular flexibility index (Phi) is 5.03. The summed E-state index contributed by atoms with van der Waals surface area (Å²) >= 11 is 1.96. The van der Waals surface area contributed by atoms with E-state index in [0.29, 0.717) is 0 Å². The van der Waals surface area contributed by atoms with Crippen molar-refractivity contribution in [1.29, 1.82) is 0 Å². The topological polar surface area (TPSA) is 21.3 Å². The molecule has 2 heterocycles. The van der Waals surface area contributed by atoms with Crippen molar-refractivity contribution < 1.29 is 4.74 Å². The van der Waals surface area contributed by atoms with E-state index in [2.05, 4.69) is 5.32 Å². The maximum absolute atomic E-state index is 4.94. The first-order valence-corrected chi connectivity index (χ1v) is 5.02. The lowest BCUT2D eigenvalue weighted by atomic mass is 10.4. The van der Waals surface area contributed by atoms with E-state index >= 15 is 0 Å². The lowest BCUT2D eigenvalue weighted by Gasteiger charge is -1.76. The molecule has 2 rings (SSSR count). The van der Waals surface area contributed by atoms with E-state index in [-0.39, 0.29) is 0 Å². The Morgan fingerprint density at radius 2 is 2.00 bits per heavy atom. The van der Waals surface area contributed by atoms with Gasteiger partial charge in [-0.05, 0) is 12.8 Å². The lowest BCUT2D eigenvalue weighted by molar-refractivity contribution is 0.198. The Labute approximate surface area is 66.7 Å². The van der Waals surface area contributed by atoms with Crippen molar-refractivity contribution >= 4 is 11.8 Å². The van der Waals surface area contributed by atoms with E-state index in [9.17, 15) is 0 Å². The van der Waals surface area contributed by atoms with Gasteiger partial charge < -0.3 is 10.1 Å². The van der Waals surface area contributed by atoms with E-state index in [1.807, 2.05) is 11.8 Å². The highest BCUT2D eigenvalue weighted by Crippen LogP contribution is 1.99. The second-order valence-corrected chi connectivity index (χ2v) is 3.48. The van der Waals surface area contributed by atoms with Crippen LogP contribution in [0.2, 0.25) is 0 Å². The van der Waals surface area contributed by atoms with Gasteiger partial charge in [0.05, 0.1) is 0 Å². The smallest absolute Gasteiger partial charge is 0.0466 e. The average molecular weight is 161 g/mol. The molecule has 0 aromatic carbocycles. The molecule has 1 N–H and O–H groups in total. The first-order chi connectivity index (χ1) is 5.00. The van der Waals surface area contributed by atoms with Gasteiger partial charge in [0.1, 0.15) is 0 Å². The fourth-order valence-electron chi connectivity index (χ4n) is 0.871. The van der Waals surface area contributed by atoms with E-state index in [4.69, 9.17) is 4.74 Å². The molecule has 10 heavy (non-hydrogen) atoms. The van der Waals surface area contributed by atoms with Gasteiger partial charge in [-0.2, -0.15) is 0 Å². The van der Waals surface area contributed by atoms with Crippen LogP contribution in [0.3, 0.4) is 0 Å². The molecule has 60 valence electrons. The molecule has 0 radical (unpaired) electrons. The van der Waals surface area contributed by atoms with Crippen molar-refractivity contribution in [2.24, 2.45) is 0 Å². The Balaban J connectivity index is 0.0000001000. The summed E-state index contributed by atoms with van der Waals surface area (Å²) in [6.45, 7) is 3.21. The molecule has 0 aliphatic carbocycles. The van der Waals surface area contributed by atoms with Crippen LogP contribution >= 0.6 is 11.8 Å². The zero-order valence-electron chi connectivity index (χ0n) is 6.27. The van der Waals surface area contributed by atoms with Gasteiger partial charge in [-0.3, -0.25) is 0 Å². The first-order valence-electron chi connectivity index (χ1n) is 3.86. The molecule has 0 amide bonds. The highest BCUT2D eigenvalue weighted by Gasteiger charge is 1.94. The lowest BCUT2D eigenvalue weighted by Crippen LogP contribution is -2.04. The number of hydrogen-bond acceptors (Lipinski definition) is 3. The van der Waals surface area contributed by atoms with Gasteiger partial charge in [0.15, 0.2) is 0 Å². The zero-order chi connectivity index (χ0) is 7.07. The predicted molar refractivity (Wildman–Crippen MR) is 45.4 cm³/mol. The van der Waals surface area contributed by atoms with Crippen molar-refractivity contribution in [3.63, 3.8) is 0 Å². The Morgan fingerprint density at radius 3 is 2.20 bits per heavy atom. The third-order valence-corrected chi connectivity index (χ3v) is 2.36. The van der Waals surface area contributed by atoms with Gasteiger partial charge in [0, 0.05) is 31.4 Å². The van der Waals surface area contributed by atoms with E-state index in [1.165, 1.54) is 31.0 Å². The number of rotatable bonds is 0. The summed E-state index contributed by atoms with van der Waals surface area (Å²) in [5, 5.41) is 3.19. The van der Waals surface area contributed by atoms with Crippen LogP contribution in [0.1, 0.15) is 12.8 Å². The highest BCUT2D eigenvalue weighted by molar-refractivity contribution is 7.99. The first kappa shape index (κ1) is 8.37. The van der Waals surface area contributed by atoms with Crippen LogP contribution in [0.25, 0.3) is 0 Å². The summed E-state index contributed by atoms with van der Waals surface area (Å²) in [5.74, 6) is 2.47. The van der Waals surface area contributed by atoms with Crippen LogP contribution in [0.5, 0.6) is 0 Å². The molecule has 2 aliphatic heterocycles. The Hall–Kier alpha value is 0.270. The molecule has 2 fully saturated rings. The molecule has 2 nitrogen and oxygen atoms in total. The SMILES string of the molecule is C1CCOC1.C1CSCN1. The van der Waals surface area contributed by atoms with Gasteiger partial charge in [0.2, 0.25) is 0 Å². The molecular weight excluding hydrogens is 146 g/mol. The summed E-state index contributed by atoms with van der Waals surface area (Å²) in [6.07, 6.45) is 2.56. The maximum Gasteiger partial charge on any atom is 0.0466 e. The normalized spacial score (nSPS) is 24.0. The van der Waals surface area contributed by atoms with Gasteiger partial charge in [-0.15, -0.1) is 11.8 Å². The molecule has 0 unspecified atom stereocenters. The van der Waals surface area contributed by atoms with Gasteiger partial charge in [-0.25, -0.2) is 0 Å². The Bertz CT molecular complexity index is 46.8. The summed E-state index contributed by atoms with van der Waals surface area (Å²) in [4.78, 5) is 0. The molecule has 2 saturated heterocycles. The van der Waals surface area contributed by atoms with Crippen molar-refractivity contribution in [1.82, 2.24) is 5.32 Å². The van der Waals surface area contributed by atoms with Gasteiger partial charge in [-0.1, -0.05) is 0 Å². The predicted octanol–water partition coefficient (Wildman–Crippen LogP) is 1.08. The standard InChI is InChI=1S/C4H8O.C3H7NS/c1-2-4-5-3-1;1-2-5-3-4-1/h1-4H2;4H,1-3H2. The number of hydrogen-bond donors (Lipinski definition) is 1. The quantitative estimate of drug-likeness (QED) is 0.574. The zero-order valence-corrected chi connectivity index (χ0v) is 7.08. The Morgan fingerprint density at radius 1 is 1.20 bits per heavy atom. The maximum atomic E-state index is 4.94. The second-order valence-electron chi connectivity index (χ2n) is 2.37. The van der Waals surface area contributed by atoms with Crippen LogP contribution in [-0.2, 0) is 4.74 Å². The number of ether oxygens (including phenoxy) is 1. The fourth-order valence-corrected chi connectivity index (χ4v) is 1.59. The van der Waals surface area contributed by atoms with Crippen LogP contribution in [0.4, 0.5) is 0 Å². The monoisotopic (exact) mass is 161 g/mol. The van der Waals surface area contributed by atoms with Crippen molar-refractivity contribution in [3.8, 4) is 0 Å². The molecular formula is C7H15NOS. The molecule has 3 heteroatoms. The molecule has 0 aromatic heterocycles. The number of nitrogens with one attached hydrogen (secondary N) is 1. The molecule has 0 atom stereocenters. The van der Waals surface area contributed by atoms with Crippen LogP contribution in [0, 0.1) is 0 Å². The van der Waals surface area contributed by atoms with Crippen LogP contribution in [0.15, 0.2) is 0 Å². The molecule has 2 aliphatic rings. The third kappa shape index (κ3) is 4.14. The van der Waals surface area contributed by atoms with E-state index in [1.54, 1.807) is 0 Å².